The number of rotatable bonds is 4. The number of benzene rings is 1. The summed E-state index contributed by atoms with van der Waals surface area (Å²) in [6.07, 6.45) is 3.76. The zero-order chi connectivity index (χ0) is 12.3. The third kappa shape index (κ3) is 2.47. The molecule has 4 nitrogen and oxygen atoms in total. The van der Waals surface area contributed by atoms with Gasteiger partial charge in [-0.25, -0.2) is 4.98 Å². The fourth-order valence-electron chi connectivity index (χ4n) is 1.84. The van der Waals surface area contributed by atoms with Crippen LogP contribution in [0.2, 0.25) is 0 Å². The molecular weight excluding hydrogens is 214 g/mol. The first kappa shape index (κ1) is 11.7. The van der Waals surface area contributed by atoms with E-state index in [2.05, 4.69) is 15.6 Å². The summed E-state index contributed by atoms with van der Waals surface area (Å²) < 4.78 is 7.44. The van der Waals surface area contributed by atoms with Gasteiger partial charge in [-0.15, -0.1) is 0 Å². The smallest absolute Gasteiger partial charge is 0.123 e. The monoisotopic (exact) mass is 231 g/mol. The van der Waals surface area contributed by atoms with Gasteiger partial charge in [-0.3, -0.25) is 0 Å². The minimum absolute atomic E-state index is 0.542. The maximum absolute atomic E-state index is 5.65. The zero-order valence-corrected chi connectivity index (χ0v) is 10.2. The lowest BCUT2D eigenvalue weighted by atomic mass is 10.1. The SMILES string of the molecule is COc1ccc(CN)cc1Cn1ccnc1C. The Hall–Kier alpha value is -1.81. The molecule has 4 heteroatoms. The van der Waals surface area contributed by atoms with E-state index < -0.39 is 0 Å². The standard InChI is InChI=1S/C13H17N3O/c1-10-15-5-6-16(10)9-12-7-11(8-14)3-4-13(12)17-2/h3-7H,8-9,14H2,1-2H3. The van der Waals surface area contributed by atoms with Crippen molar-refractivity contribution in [3.8, 4) is 5.75 Å². The highest BCUT2D eigenvalue weighted by Crippen LogP contribution is 2.21. The van der Waals surface area contributed by atoms with Crippen LogP contribution in [0.25, 0.3) is 0 Å². The Balaban J connectivity index is 2.33. The highest BCUT2D eigenvalue weighted by Gasteiger charge is 2.06. The van der Waals surface area contributed by atoms with Gasteiger partial charge >= 0.3 is 0 Å². The summed E-state index contributed by atoms with van der Waals surface area (Å²) in [4.78, 5) is 4.21. The Bertz CT molecular complexity index is 505. The van der Waals surface area contributed by atoms with Gasteiger partial charge in [-0.2, -0.15) is 0 Å². The summed E-state index contributed by atoms with van der Waals surface area (Å²) in [5.41, 5.74) is 7.89. The van der Waals surface area contributed by atoms with Gasteiger partial charge in [0.2, 0.25) is 0 Å². The lowest BCUT2D eigenvalue weighted by molar-refractivity contribution is 0.408. The summed E-state index contributed by atoms with van der Waals surface area (Å²) in [6.45, 7) is 3.28. The van der Waals surface area contributed by atoms with Crippen LogP contribution in [-0.4, -0.2) is 16.7 Å². The molecule has 0 spiro atoms. The number of ether oxygens (including phenoxy) is 1. The van der Waals surface area contributed by atoms with Crippen molar-refractivity contribution >= 4 is 0 Å². The second-order valence-electron chi connectivity index (χ2n) is 3.95. The van der Waals surface area contributed by atoms with Crippen molar-refractivity contribution < 1.29 is 4.74 Å². The van der Waals surface area contributed by atoms with Crippen LogP contribution in [0.1, 0.15) is 17.0 Å². The van der Waals surface area contributed by atoms with Gasteiger partial charge in [0, 0.05) is 24.5 Å². The first-order valence-electron chi connectivity index (χ1n) is 5.58. The number of hydrogen-bond donors (Lipinski definition) is 1. The molecule has 2 N–H and O–H groups in total. The minimum Gasteiger partial charge on any atom is -0.496 e. The summed E-state index contributed by atoms with van der Waals surface area (Å²) in [5.74, 6) is 1.88. The Morgan fingerprint density at radius 1 is 1.41 bits per heavy atom. The second kappa shape index (κ2) is 5.01. The maximum Gasteiger partial charge on any atom is 0.123 e. The van der Waals surface area contributed by atoms with Crippen LogP contribution in [0.5, 0.6) is 5.75 Å². The fourth-order valence-corrected chi connectivity index (χ4v) is 1.84. The third-order valence-corrected chi connectivity index (χ3v) is 2.84. The maximum atomic E-state index is 5.65. The highest BCUT2D eigenvalue weighted by molar-refractivity contribution is 5.37. The first-order chi connectivity index (χ1) is 8.24. The third-order valence-electron chi connectivity index (χ3n) is 2.84. The minimum atomic E-state index is 0.542. The molecule has 0 saturated heterocycles. The van der Waals surface area contributed by atoms with E-state index in [1.807, 2.05) is 25.3 Å². The Kier molecular flexibility index (Phi) is 3.44. The molecule has 0 atom stereocenters. The molecule has 90 valence electrons. The highest BCUT2D eigenvalue weighted by atomic mass is 16.5. The van der Waals surface area contributed by atoms with E-state index in [1.165, 1.54) is 0 Å². The summed E-state index contributed by atoms with van der Waals surface area (Å²) in [5, 5.41) is 0. The lowest BCUT2D eigenvalue weighted by Crippen LogP contribution is -2.05. The van der Waals surface area contributed by atoms with Crippen LogP contribution in [0, 0.1) is 6.92 Å². The first-order valence-corrected chi connectivity index (χ1v) is 5.58. The van der Waals surface area contributed by atoms with Gasteiger partial charge in [-0.05, 0) is 24.6 Å². The molecule has 0 radical (unpaired) electrons. The normalized spacial score (nSPS) is 10.5. The molecule has 1 heterocycles. The number of nitrogens with zero attached hydrogens (tertiary/aromatic N) is 2. The van der Waals surface area contributed by atoms with Crippen molar-refractivity contribution in [1.29, 1.82) is 0 Å². The molecule has 0 unspecified atom stereocenters. The molecule has 0 saturated carbocycles. The molecule has 0 aliphatic carbocycles. The summed E-state index contributed by atoms with van der Waals surface area (Å²) >= 11 is 0. The zero-order valence-electron chi connectivity index (χ0n) is 10.2. The Morgan fingerprint density at radius 3 is 2.82 bits per heavy atom. The summed E-state index contributed by atoms with van der Waals surface area (Å²) in [6, 6.07) is 6.03. The topological polar surface area (TPSA) is 53.1 Å². The predicted octanol–water partition coefficient (Wildman–Crippen LogP) is 1.71. The van der Waals surface area contributed by atoms with Crippen LogP contribution < -0.4 is 10.5 Å². The number of methoxy groups -OCH3 is 1. The second-order valence-corrected chi connectivity index (χ2v) is 3.95. The molecule has 1 aromatic heterocycles. The number of hydrogen-bond acceptors (Lipinski definition) is 3. The van der Waals surface area contributed by atoms with E-state index in [0.717, 1.165) is 29.2 Å². The molecule has 1 aromatic carbocycles. The average Bonchev–Trinajstić information content (AvgIpc) is 2.75. The number of aromatic nitrogens is 2. The average molecular weight is 231 g/mol. The molecule has 0 amide bonds. The van der Waals surface area contributed by atoms with Gasteiger partial charge in [0.25, 0.3) is 0 Å². The van der Waals surface area contributed by atoms with Crippen molar-refractivity contribution in [1.82, 2.24) is 9.55 Å². The van der Waals surface area contributed by atoms with Crippen molar-refractivity contribution in [2.24, 2.45) is 5.73 Å². The van der Waals surface area contributed by atoms with Crippen molar-refractivity contribution in [2.45, 2.75) is 20.0 Å². The van der Waals surface area contributed by atoms with Gasteiger partial charge in [-0.1, -0.05) is 6.07 Å². The van der Waals surface area contributed by atoms with E-state index in [-0.39, 0.29) is 0 Å². The van der Waals surface area contributed by atoms with Crippen LogP contribution in [0.15, 0.2) is 30.6 Å². The van der Waals surface area contributed by atoms with E-state index >= 15 is 0 Å². The number of imidazole rings is 1. The molecular formula is C13H17N3O. The lowest BCUT2D eigenvalue weighted by Gasteiger charge is -2.11. The molecule has 17 heavy (non-hydrogen) atoms. The van der Waals surface area contributed by atoms with Crippen LogP contribution in [0.3, 0.4) is 0 Å². The molecule has 0 bridgehead atoms. The van der Waals surface area contributed by atoms with Crippen molar-refractivity contribution in [3.05, 3.63) is 47.5 Å². The molecule has 2 rings (SSSR count). The van der Waals surface area contributed by atoms with Crippen LogP contribution >= 0.6 is 0 Å². The molecule has 2 aromatic rings. The quantitative estimate of drug-likeness (QED) is 0.871. The van der Waals surface area contributed by atoms with Crippen LogP contribution in [0.4, 0.5) is 0 Å². The Labute approximate surface area is 101 Å². The van der Waals surface area contributed by atoms with Gasteiger partial charge in [0.1, 0.15) is 11.6 Å². The molecule has 0 aliphatic rings. The van der Waals surface area contributed by atoms with E-state index in [1.54, 1.807) is 13.3 Å². The largest absolute Gasteiger partial charge is 0.496 e. The fraction of sp³-hybridized carbons (Fsp3) is 0.308. The summed E-state index contributed by atoms with van der Waals surface area (Å²) in [7, 11) is 1.68. The van der Waals surface area contributed by atoms with Crippen molar-refractivity contribution in [2.75, 3.05) is 7.11 Å². The van der Waals surface area contributed by atoms with E-state index in [9.17, 15) is 0 Å². The molecule has 0 aliphatic heterocycles. The number of aryl methyl sites for hydroxylation is 1. The van der Waals surface area contributed by atoms with Crippen LogP contribution in [-0.2, 0) is 13.1 Å². The van der Waals surface area contributed by atoms with Gasteiger partial charge in [0.05, 0.1) is 13.7 Å². The van der Waals surface area contributed by atoms with Gasteiger partial charge < -0.3 is 15.0 Å². The van der Waals surface area contributed by atoms with Gasteiger partial charge in [0.15, 0.2) is 0 Å². The number of nitrogens with two attached hydrogens (primary N) is 1. The van der Waals surface area contributed by atoms with E-state index in [0.29, 0.717) is 6.54 Å². The predicted molar refractivity (Wildman–Crippen MR) is 67.0 cm³/mol. The van der Waals surface area contributed by atoms with Crippen molar-refractivity contribution in [3.63, 3.8) is 0 Å². The van der Waals surface area contributed by atoms with E-state index in [4.69, 9.17) is 10.5 Å². The molecule has 0 fully saturated rings. The Morgan fingerprint density at radius 2 is 2.24 bits per heavy atom.